The van der Waals surface area contributed by atoms with Crippen molar-refractivity contribution < 1.29 is 18.7 Å². The number of hydrogen-bond donors (Lipinski definition) is 1. The maximum Gasteiger partial charge on any atom is 0.268 e. The number of hydrogen-bond acceptors (Lipinski definition) is 2. The highest BCUT2D eigenvalue weighted by atomic mass is 19.3. The Labute approximate surface area is 92.3 Å². The summed E-state index contributed by atoms with van der Waals surface area (Å²) in [5, 5.41) is 9.09. The van der Waals surface area contributed by atoms with Crippen molar-refractivity contribution in [3.63, 3.8) is 0 Å². The molecule has 0 spiro atoms. The Hall–Kier alpha value is -1.49. The number of carbonyl (C=O) groups is 1. The number of amides is 1. The number of nitrogens with zero attached hydrogens (tertiary/aromatic N) is 1. The molecule has 1 aromatic carbocycles. The number of alkyl halides is 2. The van der Waals surface area contributed by atoms with Gasteiger partial charge in [-0.15, -0.1) is 0 Å². The first kappa shape index (κ1) is 12.6. The third kappa shape index (κ3) is 2.76. The molecule has 16 heavy (non-hydrogen) atoms. The van der Waals surface area contributed by atoms with Crippen LogP contribution in [0.1, 0.15) is 22.0 Å². The van der Waals surface area contributed by atoms with Crippen molar-refractivity contribution >= 4 is 5.91 Å². The van der Waals surface area contributed by atoms with E-state index in [4.69, 9.17) is 5.11 Å². The van der Waals surface area contributed by atoms with Crippen molar-refractivity contribution in [2.24, 2.45) is 0 Å². The van der Waals surface area contributed by atoms with Crippen molar-refractivity contribution in [3.05, 3.63) is 35.4 Å². The molecule has 0 aliphatic heterocycles. The van der Waals surface area contributed by atoms with E-state index in [-0.39, 0.29) is 11.5 Å². The molecular weight excluding hydrogens is 216 g/mol. The summed E-state index contributed by atoms with van der Waals surface area (Å²) in [6, 6.07) is 5.49. The first-order chi connectivity index (χ1) is 7.43. The zero-order chi connectivity index (χ0) is 12.3. The van der Waals surface area contributed by atoms with Gasteiger partial charge in [-0.2, -0.15) is 0 Å². The molecule has 1 rings (SSSR count). The predicted molar refractivity (Wildman–Crippen MR) is 55.4 cm³/mol. The van der Waals surface area contributed by atoms with Crippen LogP contribution in [-0.4, -0.2) is 36.4 Å². The van der Waals surface area contributed by atoms with Gasteiger partial charge in [0, 0.05) is 19.7 Å². The maximum atomic E-state index is 12.2. The minimum absolute atomic E-state index is 0.102. The molecule has 0 fully saturated rings. The molecule has 1 atom stereocenters. The summed E-state index contributed by atoms with van der Waals surface area (Å²) in [4.78, 5) is 12.9. The summed E-state index contributed by atoms with van der Waals surface area (Å²) in [7, 11) is 3.20. The predicted octanol–water partition coefficient (Wildman–Crippen LogP) is 1.69. The Morgan fingerprint density at radius 2 is 1.75 bits per heavy atom. The number of benzene rings is 1. The highest BCUT2D eigenvalue weighted by molar-refractivity contribution is 5.93. The van der Waals surface area contributed by atoms with Gasteiger partial charge in [0.25, 0.3) is 12.3 Å². The quantitative estimate of drug-likeness (QED) is 0.856. The standard InChI is InChI=1S/C11H13F2NO2/c1-14(2)11(16)8-5-3-7(4-6-8)9(15)10(12)13/h3-6,9-10,15H,1-2H3. The Morgan fingerprint density at radius 3 is 2.12 bits per heavy atom. The smallest absolute Gasteiger partial charge is 0.268 e. The molecule has 0 saturated heterocycles. The average Bonchev–Trinajstić information content (AvgIpc) is 2.27. The molecule has 0 aliphatic rings. The Kier molecular flexibility index (Phi) is 3.95. The summed E-state index contributed by atoms with van der Waals surface area (Å²) >= 11 is 0. The molecular formula is C11H13F2NO2. The van der Waals surface area contributed by atoms with E-state index in [0.717, 1.165) is 0 Å². The van der Waals surface area contributed by atoms with E-state index in [1.807, 2.05) is 0 Å². The zero-order valence-electron chi connectivity index (χ0n) is 9.02. The summed E-state index contributed by atoms with van der Waals surface area (Å²) in [5.41, 5.74) is 0.500. The molecule has 1 aromatic rings. The van der Waals surface area contributed by atoms with Crippen LogP contribution in [0.25, 0.3) is 0 Å². The van der Waals surface area contributed by atoms with Crippen LogP contribution >= 0.6 is 0 Å². The average molecular weight is 229 g/mol. The monoisotopic (exact) mass is 229 g/mol. The van der Waals surface area contributed by atoms with Gasteiger partial charge in [-0.1, -0.05) is 12.1 Å². The molecule has 0 aromatic heterocycles. The van der Waals surface area contributed by atoms with Gasteiger partial charge in [0.1, 0.15) is 6.10 Å². The largest absolute Gasteiger partial charge is 0.382 e. The SMILES string of the molecule is CN(C)C(=O)c1ccc(C(O)C(F)F)cc1. The van der Waals surface area contributed by atoms with Gasteiger partial charge in [0.2, 0.25) is 0 Å². The normalized spacial score (nSPS) is 12.6. The third-order valence-corrected chi connectivity index (χ3v) is 2.14. The van der Waals surface area contributed by atoms with Crippen molar-refractivity contribution in [1.82, 2.24) is 4.90 Å². The van der Waals surface area contributed by atoms with Gasteiger partial charge in [-0.3, -0.25) is 4.79 Å². The molecule has 88 valence electrons. The van der Waals surface area contributed by atoms with E-state index < -0.39 is 12.5 Å². The van der Waals surface area contributed by atoms with Crippen molar-refractivity contribution in [1.29, 1.82) is 0 Å². The van der Waals surface area contributed by atoms with E-state index >= 15 is 0 Å². The van der Waals surface area contributed by atoms with Gasteiger partial charge >= 0.3 is 0 Å². The molecule has 0 bridgehead atoms. The lowest BCUT2D eigenvalue weighted by Crippen LogP contribution is -2.21. The van der Waals surface area contributed by atoms with E-state index in [1.165, 1.54) is 29.2 Å². The fourth-order valence-electron chi connectivity index (χ4n) is 1.23. The number of rotatable bonds is 3. The zero-order valence-corrected chi connectivity index (χ0v) is 9.02. The second kappa shape index (κ2) is 5.03. The highest BCUT2D eigenvalue weighted by Crippen LogP contribution is 2.20. The van der Waals surface area contributed by atoms with Crippen LogP contribution in [0.15, 0.2) is 24.3 Å². The molecule has 5 heteroatoms. The Bertz CT molecular complexity index is 363. The lowest BCUT2D eigenvalue weighted by Gasteiger charge is -2.12. The summed E-state index contributed by atoms with van der Waals surface area (Å²) in [5.74, 6) is -0.210. The maximum absolute atomic E-state index is 12.2. The fourth-order valence-corrected chi connectivity index (χ4v) is 1.23. The van der Waals surface area contributed by atoms with Crippen molar-refractivity contribution in [2.75, 3.05) is 14.1 Å². The third-order valence-electron chi connectivity index (χ3n) is 2.14. The van der Waals surface area contributed by atoms with Crippen molar-refractivity contribution in [3.8, 4) is 0 Å². The minimum atomic E-state index is -2.82. The number of halogens is 2. The van der Waals surface area contributed by atoms with Crippen LogP contribution in [0.5, 0.6) is 0 Å². The molecule has 1 unspecified atom stereocenters. The van der Waals surface area contributed by atoms with Crippen LogP contribution in [0.2, 0.25) is 0 Å². The van der Waals surface area contributed by atoms with Gasteiger partial charge in [0.15, 0.2) is 0 Å². The lowest BCUT2D eigenvalue weighted by molar-refractivity contribution is -0.00578. The van der Waals surface area contributed by atoms with E-state index in [0.29, 0.717) is 5.56 Å². The minimum Gasteiger partial charge on any atom is -0.382 e. The van der Waals surface area contributed by atoms with Gasteiger partial charge in [-0.05, 0) is 17.7 Å². The van der Waals surface area contributed by atoms with Crippen molar-refractivity contribution in [2.45, 2.75) is 12.5 Å². The van der Waals surface area contributed by atoms with Crippen LogP contribution in [-0.2, 0) is 0 Å². The highest BCUT2D eigenvalue weighted by Gasteiger charge is 2.19. The van der Waals surface area contributed by atoms with E-state index in [2.05, 4.69) is 0 Å². The van der Waals surface area contributed by atoms with Gasteiger partial charge in [-0.25, -0.2) is 8.78 Å². The summed E-state index contributed by atoms with van der Waals surface area (Å²) in [6.07, 6.45) is -4.63. The van der Waals surface area contributed by atoms with Crippen LogP contribution in [0, 0.1) is 0 Å². The molecule has 0 aliphatic carbocycles. The molecule has 0 heterocycles. The Balaban J connectivity index is 2.87. The van der Waals surface area contributed by atoms with Crippen LogP contribution in [0.3, 0.4) is 0 Å². The van der Waals surface area contributed by atoms with E-state index in [1.54, 1.807) is 14.1 Å². The van der Waals surface area contributed by atoms with E-state index in [9.17, 15) is 13.6 Å². The van der Waals surface area contributed by atoms with Gasteiger partial charge < -0.3 is 10.0 Å². The fraction of sp³-hybridized carbons (Fsp3) is 0.364. The summed E-state index contributed by atoms with van der Waals surface area (Å²) < 4.78 is 24.4. The lowest BCUT2D eigenvalue weighted by atomic mass is 10.1. The molecule has 1 N–H and O–H groups in total. The second-order valence-electron chi connectivity index (χ2n) is 3.60. The number of aliphatic hydroxyl groups is 1. The topological polar surface area (TPSA) is 40.5 Å². The molecule has 3 nitrogen and oxygen atoms in total. The molecule has 1 amide bonds. The number of aliphatic hydroxyl groups excluding tert-OH is 1. The first-order valence-electron chi connectivity index (χ1n) is 4.71. The first-order valence-corrected chi connectivity index (χ1v) is 4.71. The molecule has 0 radical (unpaired) electrons. The van der Waals surface area contributed by atoms with Crippen LogP contribution in [0.4, 0.5) is 8.78 Å². The number of carbonyl (C=O) groups excluding carboxylic acids is 1. The molecule has 0 saturated carbocycles. The summed E-state index contributed by atoms with van der Waals surface area (Å²) in [6.45, 7) is 0. The van der Waals surface area contributed by atoms with Gasteiger partial charge in [0.05, 0.1) is 0 Å². The Morgan fingerprint density at radius 1 is 1.25 bits per heavy atom. The second-order valence-corrected chi connectivity index (χ2v) is 3.60. The van der Waals surface area contributed by atoms with Crippen LogP contribution < -0.4 is 0 Å².